The number of carbonyl (C=O) groups excluding carboxylic acids is 1. The Hall–Kier alpha value is -1.69. The smallest absolute Gasteiger partial charge is 0.326 e. The second-order valence-electron chi connectivity index (χ2n) is 3.73. The zero-order valence-corrected chi connectivity index (χ0v) is 10.9. The first-order chi connectivity index (χ1) is 8.56. The molecule has 0 aromatic heterocycles. The molecule has 5 nitrogen and oxygen atoms in total. The molecule has 0 fully saturated rings. The highest BCUT2D eigenvalue weighted by atomic mass is 32.2. The van der Waals surface area contributed by atoms with E-state index in [4.69, 9.17) is 10.8 Å². The molecule has 98 valence electrons. The van der Waals surface area contributed by atoms with Gasteiger partial charge in [0.15, 0.2) is 0 Å². The molecule has 0 aliphatic heterocycles. The number of amides is 1. The van der Waals surface area contributed by atoms with Gasteiger partial charge in [0.2, 0.25) is 0 Å². The van der Waals surface area contributed by atoms with Gasteiger partial charge in [-0.25, -0.2) is 4.79 Å². The largest absolute Gasteiger partial charge is 0.480 e. The van der Waals surface area contributed by atoms with Gasteiger partial charge in [0.05, 0.1) is 5.56 Å². The van der Waals surface area contributed by atoms with Gasteiger partial charge in [0, 0.05) is 5.69 Å². The van der Waals surface area contributed by atoms with Crippen molar-refractivity contribution in [3.8, 4) is 0 Å². The van der Waals surface area contributed by atoms with E-state index in [0.29, 0.717) is 23.4 Å². The first kappa shape index (κ1) is 14.4. The Morgan fingerprint density at radius 3 is 2.67 bits per heavy atom. The van der Waals surface area contributed by atoms with Gasteiger partial charge in [-0.3, -0.25) is 4.79 Å². The number of aliphatic carboxylic acids is 1. The first-order valence-corrected chi connectivity index (χ1v) is 6.82. The summed E-state index contributed by atoms with van der Waals surface area (Å²) in [6, 6.07) is 5.69. The van der Waals surface area contributed by atoms with E-state index in [9.17, 15) is 9.59 Å². The van der Waals surface area contributed by atoms with Crippen LogP contribution >= 0.6 is 11.8 Å². The molecule has 1 rings (SSSR count). The number of thioether (sulfide) groups is 1. The maximum Gasteiger partial charge on any atom is 0.326 e. The highest BCUT2D eigenvalue weighted by molar-refractivity contribution is 7.98. The van der Waals surface area contributed by atoms with E-state index in [1.165, 1.54) is 11.8 Å². The topological polar surface area (TPSA) is 92.4 Å². The van der Waals surface area contributed by atoms with Gasteiger partial charge in [-0.05, 0) is 30.6 Å². The third kappa shape index (κ3) is 3.96. The molecule has 6 heteroatoms. The van der Waals surface area contributed by atoms with Crippen LogP contribution in [0.15, 0.2) is 24.3 Å². The molecule has 0 aliphatic rings. The number of hydrogen-bond acceptors (Lipinski definition) is 4. The van der Waals surface area contributed by atoms with Crippen molar-refractivity contribution in [1.82, 2.24) is 5.32 Å². The van der Waals surface area contributed by atoms with Crippen LogP contribution in [0.2, 0.25) is 0 Å². The number of carboxylic acid groups (broad SMARTS) is 1. The van der Waals surface area contributed by atoms with Crippen molar-refractivity contribution >= 4 is 29.3 Å². The van der Waals surface area contributed by atoms with Crippen LogP contribution in [0.4, 0.5) is 5.69 Å². The van der Waals surface area contributed by atoms with Gasteiger partial charge >= 0.3 is 5.97 Å². The van der Waals surface area contributed by atoms with Crippen molar-refractivity contribution in [1.29, 1.82) is 0 Å². The quantitative estimate of drug-likeness (QED) is 0.674. The fourth-order valence-electron chi connectivity index (χ4n) is 1.43. The number of rotatable bonds is 6. The van der Waals surface area contributed by atoms with E-state index in [1.807, 2.05) is 6.26 Å². The summed E-state index contributed by atoms with van der Waals surface area (Å²) < 4.78 is 0. The highest BCUT2D eigenvalue weighted by Gasteiger charge is 2.20. The van der Waals surface area contributed by atoms with Crippen LogP contribution in [0.1, 0.15) is 16.8 Å². The van der Waals surface area contributed by atoms with Crippen molar-refractivity contribution in [2.45, 2.75) is 12.5 Å². The number of benzene rings is 1. The minimum Gasteiger partial charge on any atom is -0.480 e. The molecule has 1 atom stereocenters. The van der Waals surface area contributed by atoms with E-state index < -0.39 is 17.9 Å². The van der Waals surface area contributed by atoms with Crippen molar-refractivity contribution < 1.29 is 14.7 Å². The predicted octanol–water partition coefficient (Wildman–Crippen LogP) is 1.20. The molecule has 4 N–H and O–H groups in total. The summed E-state index contributed by atoms with van der Waals surface area (Å²) in [5.41, 5.74) is 6.30. The fraction of sp³-hybridized carbons (Fsp3) is 0.333. The molecule has 0 bridgehead atoms. The maximum absolute atomic E-state index is 11.9. The minimum atomic E-state index is -1.04. The number of nitrogen functional groups attached to an aromatic ring is 1. The molecule has 1 aromatic carbocycles. The zero-order valence-electron chi connectivity index (χ0n) is 10.1. The van der Waals surface area contributed by atoms with Crippen LogP contribution in [0, 0.1) is 0 Å². The van der Waals surface area contributed by atoms with Gasteiger partial charge in [-0.2, -0.15) is 11.8 Å². The van der Waals surface area contributed by atoms with Crippen LogP contribution in [-0.4, -0.2) is 35.0 Å². The Morgan fingerprint density at radius 1 is 1.44 bits per heavy atom. The molecule has 18 heavy (non-hydrogen) atoms. The summed E-state index contributed by atoms with van der Waals surface area (Å²) in [7, 11) is 0. The molecule has 1 aromatic rings. The number of carboxylic acids is 1. The zero-order chi connectivity index (χ0) is 13.5. The Labute approximate surface area is 110 Å². The third-order valence-electron chi connectivity index (χ3n) is 2.42. The van der Waals surface area contributed by atoms with E-state index in [2.05, 4.69) is 5.32 Å². The number of nitrogens with two attached hydrogens (primary N) is 1. The number of nitrogens with one attached hydrogen (secondary N) is 1. The summed E-state index contributed by atoms with van der Waals surface area (Å²) in [6.45, 7) is 0. The number of para-hydroxylation sites is 1. The standard InChI is InChI=1S/C12H16N2O3S/c1-18-7-6-10(12(16)17)14-11(15)8-4-2-3-5-9(8)13/h2-5,10H,6-7,13H2,1H3,(H,14,15)(H,16,17)/t10-/m1/s1. The van der Waals surface area contributed by atoms with Gasteiger partial charge in [-0.15, -0.1) is 0 Å². The van der Waals surface area contributed by atoms with Crippen molar-refractivity contribution in [2.75, 3.05) is 17.7 Å². The van der Waals surface area contributed by atoms with Crippen molar-refractivity contribution in [3.05, 3.63) is 29.8 Å². The summed E-state index contributed by atoms with van der Waals surface area (Å²) in [6.07, 6.45) is 2.27. The maximum atomic E-state index is 11.9. The molecule has 1 amide bonds. The number of anilines is 1. The average Bonchev–Trinajstić information content (AvgIpc) is 2.34. The fourth-order valence-corrected chi connectivity index (χ4v) is 1.90. The normalized spacial score (nSPS) is 11.8. The molecular formula is C12H16N2O3S. The van der Waals surface area contributed by atoms with E-state index in [-0.39, 0.29) is 0 Å². The molecule has 0 spiro atoms. The van der Waals surface area contributed by atoms with Crippen LogP contribution in [0.25, 0.3) is 0 Å². The Balaban J connectivity index is 2.72. The minimum absolute atomic E-state index is 0.299. The molecule has 0 radical (unpaired) electrons. The Bertz CT molecular complexity index is 437. The number of hydrogen-bond donors (Lipinski definition) is 3. The van der Waals surface area contributed by atoms with Crippen LogP contribution in [0.3, 0.4) is 0 Å². The van der Waals surface area contributed by atoms with Gasteiger partial charge in [0.25, 0.3) is 5.91 Å². The molecule has 0 saturated heterocycles. The van der Waals surface area contributed by atoms with Gasteiger partial charge in [-0.1, -0.05) is 12.1 Å². The lowest BCUT2D eigenvalue weighted by atomic mass is 10.1. The lowest BCUT2D eigenvalue weighted by Crippen LogP contribution is -2.41. The van der Waals surface area contributed by atoms with Crippen LogP contribution in [0.5, 0.6) is 0 Å². The second-order valence-corrected chi connectivity index (χ2v) is 4.72. The molecule has 0 saturated carbocycles. The predicted molar refractivity (Wildman–Crippen MR) is 72.7 cm³/mol. The summed E-state index contributed by atoms with van der Waals surface area (Å²) in [4.78, 5) is 22.9. The first-order valence-electron chi connectivity index (χ1n) is 5.43. The molecular weight excluding hydrogens is 252 g/mol. The van der Waals surface area contributed by atoms with Crippen LogP contribution in [-0.2, 0) is 4.79 Å². The Morgan fingerprint density at radius 2 is 2.11 bits per heavy atom. The summed E-state index contributed by atoms with van der Waals surface area (Å²) in [5, 5.41) is 11.5. The lowest BCUT2D eigenvalue weighted by Gasteiger charge is -2.14. The third-order valence-corrected chi connectivity index (χ3v) is 3.06. The highest BCUT2D eigenvalue weighted by Crippen LogP contribution is 2.11. The number of carbonyl (C=O) groups is 2. The summed E-state index contributed by atoms with van der Waals surface area (Å²) in [5.74, 6) is -0.824. The van der Waals surface area contributed by atoms with Crippen molar-refractivity contribution in [3.63, 3.8) is 0 Å². The molecule has 0 heterocycles. The van der Waals surface area contributed by atoms with E-state index in [0.717, 1.165) is 0 Å². The van der Waals surface area contributed by atoms with Gasteiger partial charge in [0.1, 0.15) is 6.04 Å². The van der Waals surface area contributed by atoms with E-state index in [1.54, 1.807) is 24.3 Å². The van der Waals surface area contributed by atoms with E-state index >= 15 is 0 Å². The lowest BCUT2D eigenvalue weighted by molar-refractivity contribution is -0.139. The molecule has 0 aliphatic carbocycles. The van der Waals surface area contributed by atoms with Crippen LogP contribution < -0.4 is 11.1 Å². The Kier molecular flexibility index (Phi) is 5.51. The summed E-state index contributed by atoms with van der Waals surface area (Å²) >= 11 is 1.53. The monoisotopic (exact) mass is 268 g/mol. The SMILES string of the molecule is CSCC[C@@H](NC(=O)c1ccccc1N)C(=O)O. The van der Waals surface area contributed by atoms with Gasteiger partial charge < -0.3 is 16.2 Å². The average molecular weight is 268 g/mol. The second kappa shape index (κ2) is 6.90. The molecule has 0 unspecified atom stereocenters. The van der Waals surface area contributed by atoms with Crippen molar-refractivity contribution in [2.24, 2.45) is 0 Å².